The number of nitrogens with one attached hydrogen (secondary N) is 1. The fraction of sp³-hybridized carbons (Fsp3) is 0.222. The van der Waals surface area contributed by atoms with E-state index in [1.165, 1.54) is 24.3 Å². The topological polar surface area (TPSA) is 52.7 Å². The lowest BCUT2D eigenvalue weighted by Gasteiger charge is -2.24. The van der Waals surface area contributed by atoms with Crippen LogP contribution >= 0.6 is 23.8 Å². The molecule has 1 fully saturated rings. The highest BCUT2D eigenvalue weighted by atomic mass is 35.5. The fourth-order valence-corrected chi connectivity index (χ4v) is 4.58. The van der Waals surface area contributed by atoms with Gasteiger partial charge in [0.2, 0.25) is 5.91 Å². The molecule has 1 aliphatic rings. The summed E-state index contributed by atoms with van der Waals surface area (Å²) in [7, 11) is 0. The van der Waals surface area contributed by atoms with E-state index in [0.717, 1.165) is 11.1 Å². The van der Waals surface area contributed by atoms with E-state index in [4.69, 9.17) is 23.8 Å². The molecule has 3 aromatic rings. The maximum absolute atomic E-state index is 13.4. The molecule has 0 saturated carbocycles. The molecule has 1 atom stereocenters. The molecule has 1 saturated heterocycles. The summed E-state index contributed by atoms with van der Waals surface area (Å²) < 4.78 is 13.2. The van der Waals surface area contributed by atoms with Crippen LogP contribution in [0.5, 0.6) is 0 Å². The van der Waals surface area contributed by atoms with E-state index in [0.29, 0.717) is 41.8 Å². The van der Waals surface area contributed by atoms with Crippen molar-refractivity contribution in [3.05, 3.63) is 101 Å². The van der Waals surface area contributed by atoms with Gasteiger partial charge in [-0.1, -0.05) is 54.1 Å². The summed E-state index contributed by atoms with van der Waals surface area (Å²) in [5, 5.41) is 3.83. The van der Waals surface area contributed by atoms with Gasteiger partial charge in [-0.25, -0.2) is 4.39 Å². The molecule has 0 bridgehead atoms. The molecular weight excluding hydrogens is 485 g/mol. The minimum absolute atomic E-state index is 0.0567. The molecule has 0 aromatic heterocycles. The molecule has 2 amide bonds. The number of carbonyl (C=O) groups is 2. The van der Waals surface area contributed by atoms with E-state index in [-0.39, 0.29) is 24.1 Å². The van der Waals surface area contributed by atoms with Gasteiger partial charge in [0.05, 0.1) is 6.42 Å². The molecule has 4 rings (SSSR count). The second-order valence-corrected chi connectivity index (χ2v) is 9.15. The molecule has 1 N–H and O–H groups in total. The molecule has 3 aromatic carbocycles. The van der Waals surface area contributed by atoms with Gasteiger partial charge in [0.1, 0.15) is 11.9 Å². The Balaban J connectivity index is 1.47. The summed E-state index contributed by atoms with van der Waals surface area (Å²) in [5.41, 5.74) is 2.63. The third kappa shape index (κ3) is 6.44. The van der Waals surface area contributed by atoms with Gasteiger partial charge in [-0.15, -0.1) is 0 Å². The Morgan fingerprint density at radius 1 is 0.914 bits per heavy atom. The van der Waals surface area contributed by atoms with Crippen LogP contribution in [0.25, 0.3) is 0 Å². The summed E-state index contributed by atoms with van der Waals surface area (Å²) in [6.45, 7) is 0.928. The Bertz CT molecular complexity index is 1190. The Hall–Kier alpha value is -3.29. The summed E-state index contributed by atoms with van der Waals surface area (Å²) >= 11 is 11.7. The van der Waals surface area contributed by atoms with Gasteiger partial charge >= 0.3 is 0 Å². The third-order valence-corrected chi connectivity index (χ3v) is 6.64. The number of amides is 2. The second-order valence-electron chi connectivity index (χ2n) is 8.35. The molecular formula is C27H25ClFN3O2S. The van der Waals surface area contributed by atoms with Gasteiger partial charge in [-0.05, 0) is 72.6 Å². The molecule has 1 aliphatic heterocycles. The monoisotopic (exact) mass is 509 g/mol. The minimum Gasteiger partial charge on any atom is -0.336 e. The van der Waals surface area contributed by atoms with Crippen molar-refractivity contribution in [1.29, 1.82) is 0 Å². The van der Waals surface area contributed by atoms with Gasteiger partial charge in [0, 0.05) is 23.8 Å². The molecule has 5 nitrogen and oxygen atoms in total. The van der Waals surface area contributed by atoms with Crippen molar-refractivity contribution < 1.29 is 14.0 Å². The molecule has 1 heterocycles. The van der Waals surface area contributed by atoms with Gasteiger partial charge in [-0.2, -0.15) is 0 Å². The highest BCUT2D eigenvalue weighted by Gasteiger charge is 2.42. The third-order valence-electron chi connectivity index (χ3n) is 5.93. The van der Waals surface area contributed by atoms with Crippen molar-refractivity contribution in [2.45, 2.75) is 25.3 Å². The average molecular weight is 510 g/mol. The number of hydrogen-bond donors (Lipinski definition) is 1. The zero-order chi connectivity index (χ0) is 24.8. The van der Waals surface area contributed by atoms with E-state index in [2.05, 4.69) is 5.32 Å². The summed E-state index contributed by atoms with van der Waals surface area (Å²) in [5.74, 6) is -0.905. The number of hydrogen-bond acceptors (Lipinski definition) is 3. The van der Waals surface area contributed by atoms with Gasteiger partial charge in [0.25, 0.3) is 5.91 Å². The molecule has 35 heavy (non-hydrogen) atoms. The number of benzene rings is 3. The van der Waals surface area contributed by atoms with Crippen molar-refractivity contribution in [3.63, 3.8) is 0 Å². The molecule has 1 unspecified atom stereocenters. The number of nitrogens with zero attached hydrogens (tertiary/aromatic N) is 2. The first-order chi connectivity index (χ1) is 16.9. The van der Waals surface area contributed by atoms with Crippen molar-refractivity contribution >= 4 is 46.4 Å². The van der Waals surface area contributed by atoms with Crippen LogP contribution in [0, 0.1) is 5.82 Å². The standard InChI is InChI=1S/C27H25ClFN3O2S/c28-21-8-6-20(7-9-21)14-16-31-24(18-25(33)30-23-12-10-22(29)11-13-23)26(34)32(27(31)35)17-15-19-4-2-1-3-5-19/h1-13,24H,14-18H2,(H,30,33). The van der Waals surface area contributed by atoms with Gasteiger partial charge < -0.3 is 10.2 Å². The highest BCUT2D eigenvalue weighted by molar-refractivity contribution is 7.80. The quantitative estimate of drug-likeness (QED) is 0.408. The smallest absolute Gasteiger partial charge is 0.252 e. The first-order valence-electron chi connectivity index (χ1n) is 11.4. The van der Waals surface area contributed by atoms with Crippen LogP contribution in [0.3, 0.4) is 0 Å². The largest absolute Gasteiger partial charge is 0.336 e. The lowest BCUT2D eigenvalue weighted by molar-refractivity contribution is -0.130. The van der Waals surface area contributed by atoms with Crippen LogP contribution in [0.1, 0.15) is 17.5 Å². The molecule has 180 valence electrons. The first-order valence-corrected chi connectivity index (χ1v) is 12.1. The Kier molecular flexibility index (Phi) is 8.10. The lowest BCUT2D eigenvalue weighted by atomic mass is 10.1. The van der Waals surface area contributed by atoms with Crippen LogP contribution in [0.2, 0.25) is 5.02 Å². The van der Waals surface area contributed by atoms with Crippen LogP contribution in [0.15, 0.2) is 78.9 Å². The van der Waals surface area contributed by atoms with Crippen molar-refractivity contribution in [3.8, 4) is 0 Å². The van der Waals surface area contributed by atoms with E-state index < -0.39 is 6.04 Å². The van der Waals surface area contributed by atoms with Crippen LogP contribution in [-0.2, 0) is 22.4 Å². The van der Waals surface area contributed by atoms with Crippen LogP contribution in [0.4, 0.5) is 10.1 Å². The summed E-state index contributed by atoms with van der Waals surface area (Å²) in [6.07, 6.45) is 1.25. The number of thiocarbonyl (C=S) groups is 1. The summed E-state index contributed by atoms with van der Waals surface area (Å²) in [4.78, 5) is 29.6. The number of carbonyl (C=O) groups excluding carboxylic acids is 2. The van der Waals surface area contributed by atoms with Crippen molar-refractivity contribution in [2.75, 3.05) is 18.4 Å². The molecule has 8 heteroatoms. The lowest BCUT2D eigenvalue weighted by Crippen LogP contribution is -2.39. The molecule has 0 spiro atoms. The predicted octanol–water partition coefficient (Wildman–Crippen LogP) is 5.09. The van der Waals surface area contributed by atoms with E-state index in [1.807, 2.05) is 59.5 Å². The normalized spacial score (nSPS) is 15.5. The van der Waals surface area contributed by atoms with Gasteiger partial charge in [-0.3, -0.25) is 14.5 Å². The second kappa shape index (κ2) is 11.4. The first kappa shape index (κ1) is 24.8. The number of halogens is 2. The van der Waals surface area contributed by atoms with E-state index >= 15 is 0 Å². The summed E-state index contributed by atoms with van der Waals surface area (Å²) in [6, 6.07) is 22.2. The van der Waals surface area contributed by atoms with E-state index in [1.54, 1.807) is 4.90 Å². The minimum atomic E-state index is -0.703. The van der Waals surface area contributed by atoms with Gasteiger partial charge in [0.15, 0.2) is 5.11 Å². The maximum atomic E-state index is 13.4. The zero-order valence-electron chi connectivity index (χ0n) is 19.0. The average Bonchev–Trinajstić information content (AvgIpc) is 3.07. The van der Waals surface area contributed by atoms with Crippen LogP contribution in [-0.4, -0.2) is 45.9 Å². The predicted molar refractivity (Wildman–Crippen MR) is 140 cm³/mol. The maximum Gasteiger partial charge on any atom is 0.252 e. The highest BCUT2D eigenvalue weighted by Crippen LogP contribution is 2.23. The Morgan fingerprint density at radius 3 is 2.23 bits per heavy atom. The van der Waals surface area contributed by atoms with E-state index in [9.17, 15) is 14.0 Å². The zero-order valence-corrected chi connectivity index (χ0v) is 20.6. The fourth-order valence-electron chi connectivity index (χ4n) is 4.06. The van der Waals surface area contributed by atoms with Crippen molar-refractivity contribution in [2.24, 2.45) is 0 Å². The number of rotatable bonds is 9. The molecule has 0 aliphatic carbocycles. The van der Waals surface area contributed by atoms with Crippen molar-refractivity contribution in [1.82, 2.24) is 9.80 Å². The molecule has 0 radical (unpaired) electrons. The Morgan fingerprint density at radius 2 is 1.54 bits per heavy atom. The Labute approximate surface area is 214 Å². The van der Waals surface area contributed by atoms with Crippen LogP contribution < -0.4 is 5.32 Å². The number of anilines is 1. The SMILES string of the molecule is O=C(CC1C(=O)N(CCc2ccccc2)C(=S)N1CCc1ccc(Cl)cc1)Nc1ccc(F)cc1.